The fourth-order valence-electron chi connectivity index (χ4n) is 4.36. The summed E-state index contributed by atoms with van der Waals surface area (Å²) in [6.07, 6.45) is 19.4. The van der Waals surface area contributed by atoms with Crippen LogP contribution in [0.1, 0.15) is 115 Å². The topological polar surface area (TPSA) is 12.0 Å². The summed E-state index contributed by atoms with van der Waals surface area (Å²) in [4.78, 5) is 0. The molecule has 172 valence electrons. The van der Waals surface area contributed by atoms with Crippen LogP contribution in [0.3, 0.4) is 0 Å². The van der Waals surface area contributed by atoms with Crippen molar-refractivity contribution >= 4 is 11.4 Å². The van der Waals surface area contributed by atoms with Crippen molar-refractivity contribution in [1.29, 1.82) is 0 Å². The van der Waals surface area contributed by atoms with E-state index in [1.807, 2.05) is 0 Å². The largest absolute Gasteiger partial charge is 0.355 e. The quantitative estimate of drug-likeness (QED) is 0.251. The van der Waals surface area contributed by atoms with Crippen LogP contribution in [0.4, 0.5) is 11.4 Å². The molecule has 0 saturated carbocycles. The Bertz CT molecular complexity index is 718. The summed E-state index contributed by atoms with van der Waals surface area (Å²) < 4.78 is 0. The number of rotatable bonds is 17. The second-order valence-electron chi connectivity index (χ2n) is 9.21. The lowest BCUT2D eigenvalue weighted by molar-refractivity contribution is 0.663. The normalized spacial score (nSPS) is 11.1. The van der Waals surface area contributed by atoms with E-state index in [0.717, 1.165) is 0 Å². The van der Waals surface area contributed by atoms with Crippen molar-refractivity contribution in [3.8, 4) is 0 Å². The first kappa shape index (κ1) is 25.5. The predicted octanol–water partition coefficient (Wildman–Crippen LogP) is 9.80. The van der Waals surface area contributed by atoms with E-state index in [0.29, 0.717) is 0 Å². The lowest BCUT2D eigenvalue weighted by Crippen LogP contribution is -2.01. The Hall–Kier alpha value is -1.76. The summed E-state index contributed by atoms with van der Waals surface area (Å²) >= 11 is 0. The van der Waals surface area contributed by atoms with Gasteiger partial charge in [-0.2, -0.15) is 0 Å². The zero-order valence-corrected chi connectivity index (χ0v) is 20.6. The third kappa shape index (κ3) is 9.93. The average Bonchev–Trinajstić information content (AvgIpc) is 2.79. The Kier molecular flexibility index (Phi) is 13.1. The predicted molar refractivity (Wildman–Crippen MR) is 140 cm³/mol. The summed E-state index contributed by atoms with van der Waals surface area (Å²) in [6.45, 7) is 6.86. The lowest BCUT2D eigenvalue weighted by Gasteiger charge is -2.17. The van der Waals surface area contributed by atoms with E-state index in [1.165, 1.54) is 124 Å². The zero-order chi connectivity index (χ0) is 22.2. The van der Waals surface area contributed by atoms with Crippen LogP contribution in [-0.4, -0.2) is 0 Å². The van der Waals surface area contributed by atoms with Gasteiger partial charge < -0.3 is 5.32 Å². The minimum absolute atomic E-state index is 1.17. The molecule has 0 aliphatic carbocycles. The van der Waals surface area contributed by atoms with E-state index < -0.39 is 0 Å². The Morgan fingerprint density at radius 2 is 1.06 bits per heavy atom. The number of nitrogens with one attached hydrogen (secondary N) is 1. The standard InChI is InChI=1S/C30H47N/c1-4-7-10-13-18-26-23-24-28(20-15-12-9-6-3)30(25-26)31-29-22-17-16-21-27(29)19-14-11-8-5-2/h16-17,21-25,31H,4-15,18-20H2,1-3H3. The minimum Gasteiger partial charge on any atom is -0.355 e. The third-order valence-electron chi connectivity index (χ3n) is 6.38. The number of anilines is 2. The smallest absolute Gasteiger partial charge is 0.0419 e. The fraction of sp³-hybridized carbons (Fsp3) is 0.600. The fourth-order valence-corrected chi connectivity index (χ4v) is 4.36. The van der Waals surface area contributed by atoms with Crippen LogP contribution < -0.4 is 5.32 Å². The number of unbranched alkanes of at least 4 members (excludes halogenated alkanes) is 9. The van der Waals surface area contributed by atoms with Gasteiger partial charge in [-0.25, -0.2) is 0 Å². The van der Waals surface area contributed by atoms with Crippen LogP contribution in [0.15, 0.2) is 42.5 Å². The Morgan fingerprint density at radius 1 is 0.516 bits per heavy atom. The van der Waals surface area contributed by atoms with Gasteiger partial charge >= 0.3 is 0 Å². The molecule has 2 aromatic rings. The van der Waals surface area contributed by atoms with Gasteiger partial charge in [-0.3, -0.25) is 0 Å². The molecule has 0 aliphatic heterocycles. The molecule has 0 aromatic heterocycles. The first-order valence-electron chi connectivity index (χ1n) is 13.2. The van der Waals surface area contributed by atoms with E-state index >= 15 is 0 Å². The number of aryl methyl sites for hydroxylation is 3. The van der Waals surface area contributed by atoms with Gasteiger partial charge in [0.25, 0.3) is 0 Å². The van der Waals surface area contributed by atoms with Crippen molar-refractivity contribution < 1.29 is 0 Å². The summed E-state index contributed by atoms with van der Waals surface area (Å²) in [5.41, 5.74) is 7.07. The van der Waals surface area contributed by atoms with E-state index in [4.69, 9.17) is 0 Å². The summed E-state index contributed by atoms with van der Waals surface area (Å²) in [5.74, 6) is 0. The number of hydrogen-bond donors (Lipinski definition) is 1. The van der Waals surface area contributed by atoms with Gasteiger partial charge in [0.1, 0.15) is 0 Å². The monoisotopic (exact) mass is 421 g/mol. The van der Waals surface area contributed by atoms with E-state index in [9.17, 15) is 0 Å². The third-order valence-corrected chi connectivity index (χ3v) is 6.38. The molecule has 1 N–H and O–H groups in total. The van der Waals surface area contributed by atoms with Gasteiger partial charge in [-0.1, -0.05) is 109 Å². The van der Waals surface area contributed by atoms with Crippen molar-refractivity contribution in [2.75, 3.05) is 5.32 Å². The zero-order valence-electron chi connectivity index (χ0n) is 20.6. The number of hydrogen-bond acceptors (Lipinski definition) is 1. The Balaban J connectivity index is 2.12. The van der Waals surface area contributed by atoms with Gasteiger partial charge in [-0.05, 0) is 67.3 Å². The second-order valence-corrected chi connectivity index (χ2v) is 9.21. The van der Waals surface area contributed by atoms with Crippen LogP contribution in [0, 0.1) is 0 Å². The van der Waals surface area contributed by atoms with E-state index in [1.54, 1.807) is 0 Å². The molecule has 0 unspecified atom stereocenters. The summed E-state index contributed by atoms with van der Waals surface area (Å²) in [5, 5.41) is 3.86. The molecule has 2 aromatic carbocycles. The highest BCUT2D eigenvalue weighted by atomic mass is 14.9. The molecule has 0 aliphatic rings. The molecule has 0 spiro atoms. The highest BCUT2D eigenvalue weighted by molar-refractivity contribution is 5.67. The molecule has 2 rings (SSSR count). The maximum atomic E-state index is 3.86. The van der Waals surface area contributed by atoms with Gasteiger partial charge in [0.2, 0.25) is 0 Å². The molecule has 0 atom stereocenters. The first-order chi connectivity index (χ1) is 15.3. The lowest BCUT2D eigenvalue weighted by atomic mass is 9.98. The molecular weight excluding hydrogens is 374 g/mol. The van der Waals surface area contributed by atoms with E-state index in [2.05, 4.69) is 68.6 Å². The van der Waals surface area contributed by atoms with Crippen molar-refractivity contribution in [2.24, 2.45) is 0 Å². The Labute approximate surface area is 193 Å². The number of benzene rings is 2. The van der Waals surface area contributed by atoms with Crippen LogP contribution >= 0.6 is 0 Å². The summed E-state index contributed by atoms with van der Waals surface area (Å²) in [6, 6.07) is 16.2. The molecule has 0 radical (unpaired) electrons. The van der Waals surface area contributed by atoms with E-state index in [-0.39, 0.29) is 0 Å². The van der Waals surface area contributed by atoms with Crippen molar-refractivity contribution in [2.45, 2.75) is 117 Å². The minimum atomic E-state index is 1.17. The van der Waals surface area contributed by atoms with Crippen molar-refractivity contribution in [3.05, 3.63) is 59.2 Å². The average molecular weight is 422 g/mol. The molecule has 31 heavy (non-hydrogen) atoms. The molecule has 1 nitrogen and oxygen atoms in total. The molecule has 0 amide bonds. The van der Waals surface area contributed by atoms with Crippen LogP contribution in [-0.2, 0) is 19.3 Å². The van der Waals surface area contributed by atoms with Gasteiger partial charge in [-0.15, -0.1) is 0 Å². The molecule has 0 heterocycles. The molecule has 1 heteroatoms. The highest BCUT2D eigenvalue weighted by Gasteiger charge is 2.08. The molecule has 0 fully saturated rings. The summed E-state index contributed by atoms with van der Waals surface area (Å²) in [7, 11) is 0. The molecule has 0 bridgehead atoms. The van der Waals surface area contributed by atoms with Crippen LogP contribution in [0.2, 0.25) is 0 Å². The maximum absolute atomic E-state index is 3.86. The SMILES string of the molecule is CCCCCCc1ccc(CCCCCC)c(Nc2ccccc2CCCCCC)c1. The van der Waals surface area contributed by atoms with Gasteiger partial charge in [0, 0.05) is 11.4 Å². The second kappa shape index (κ2) is 16.0. The van der Waals surface area contributed by atoms with Crippen LogP contribution in [0.5, 0.6) is 0 Å². The molecular formula is C30H47N. The Morgan fingerprint density at radius 3 is 1.68 bits per heavy atom. The highest BCUT2D eigenvalue weighted by Crippen LogP contribution is 2.28. The number of para-hydroxylation sites is 1. The maximum Gasteiger partial charge on any atom is 0.0419 e. The van der Waals surface area contributed by atoms with Crippen LogP contribution in [0.25, 0.3) is 0 Å². The van der Waals surface area contributed by atoms with Crippen molar-refractivity contribution in [1.82, 2.24) is 0 Å². The molecule has 0 saturated heterocycles. The van der Waals surface area contributed by atoms with Gasteiger partial charge in [0.15, 0.2) is 0 Å². The van der Waals surface area contributed by atoms with Gasteiger partial charge in [0.05, 0.1) is 0 Å². The first-order valence-corrected chi connectivity index (χ1v) is 13.2. The van der Waals surface area contributed by atoms with Crippen molar-refractivity contribution in [3.63, 3.8) is 0 Å².